The third-order valence-corrected chi connectivity index (χ3v) is 4.03. The third-order valence-electron chi connectivity index (χ3n) is 3.80. The van der Waals surface area contributed by atoms with Gasteiger partial charge in [0.1, 0.15) is 11.9 Å². The van der Waals surface area contributed by atoms with Crippen LogP contribution in [0.3, 0.4) is 0 Å². The minimum atomic E-state index is -0.534. The van der Waals surface area contributed by atoms with Crippen molar-refractivity contribution in [2.45, 2.75) is 32.0 Å². The van der Waals surface area contributed by atoms with E-state index in [1.165, 1.54) is 5.56 Å². The number of hydrogen-bond acceptors (Lipinski definition) is 2. The van der Waals surface area contributed by atoms with Crippen LogP contribution in [0.1, 0.15) is 42.2 Å². The van der Waals surface area contributed by atoms with Crippen LogP contribution in [0.15, 0.2) is 42.5 Å². The first-order chi connectivity index (χ1) is 9.67. The molecule has 1 aliphatic rings. The summed E-state index contributed by atoms with van der Waals surface area (Å²) in [5.74, 6) is 0.720. The molecule has 0 saturated carbocycles. The molecular formula is C17H17ClO2. The Morgan fingerprint density at radius 1 is 1.20 bits per heavy atom. The minimum Gasteiger partial charge on any atom is -0.485 e. The first-order valence-electron chi connectivity index (χ1n) is 6.90. The lowest BCUT2D eigenvalue weighted by molar-refractivity contribution is 0.0657. The largest absolute Gasteiger partial charge is 0.485 e. The number of rotatable bonds is 2. The Bertz CT molecular complexity index is 607. The van der Waals surface area contributed by atoms with E-state index in [1.807, 2.05) is 6.07 Å². The molecule has 1 heterocycles. The van der Waals surface area contributed by atoms with E-state index < -0.39 is 6.10 Å². The lowest BCUT2D eigenvalue weighted by Gasteiger charge is -2.30. The van der Waals surface area contributed by atoms with Crippen LogP contribution in [0.25, 0.3) is 0 Å². The van der Waals surface area contributed by atoms with Crippen molar-refractivity contribution in [3.63, 3.8) is 0 Å². The van der Waals surface area contributed by atoms with Crippen LogP contribution in [0.5, 0.6) is 5.75 Å². The highest BCUT2D eigenvalue weighted by atomic mass is 35.5. The zero-order valence-corrected chi connectivity index (χ0v) is 12.1. The van der Waals surface area contributed by atoms with Crippen molar-refractivity contribution in [2.24, 2.45) is 0 Å². The summed E-state index contributed by atoms with van der Waals surface area (Å²) < 4.78 is 6.00. The summed E-state index contributed by atoms with van der Waals surface area (Å²) in [6.45, 7) is 2.13. The molecule has 1 N–H and O–H groups in total. The predicted molar refractivity (Wildman–Crippen MR) is 80.2 cm³/mol. The van der Waals surface area contributed by atoms with Gasteiger partial charge in [0.2, 0.25) is 0 Å². The van der Waals surface area contributed by atoms with Crippen LogP contribution in [-0.4, -0.2) is 5.11 Å². The van der Waals surface area contributed by atoms with Gasteiger partial charge in [-0.3, -0.25) is 0 Å². The molecule has 2 aromatic rings. The molecule has 0 bridgehead atoms. The molecular weight excluding hydrogens is 272 g/mol. The van der Waals surface area contributed by atoms with Crippen molar-refractivity contribution in [3.05, 3.63) is 64.2 Å². The number of benzene rings is 2. The smallest absolute Gasteiger partial charge is 0.127 e. The Morgan fingerprint density at radius 3 is 2.65 bits per heavy atom. The second kappa shape index (κ2) is 5.47. The zero-order valence-electron chi connectivity index (χ0n) is 11.3. The molecule has 0 amide bonds. The van der Waals surface area contributed by atoms with E-state index in [0.717, 1.165) is 23.3 Å². The Kier molecular flexibility index (Phi) is 3.68. The van der Waals surface area contributed by atoms with E-state index in [0.29, 0.717) is 11.4 Å². The number of ether oxygens (including phenoxy) is 1. The Balaban J connectivity index is 1.88. The number of hydrogen-bond donors (Lipinski definition) is 1. The second-order valence-electron chi connectivity index (χ2n) is 5.14. The normalized spacial score (nSPS) is 21.1. The quantitative estimate of drug-likeness (QED) is 0.884. The van der Waals surface area contributed by atoms with Gasteiger partial charge in [0.05, 0.1) is 6.10 Å². The molecule has 104 valence electrons. The molecule has 0 aromatic heterocycles. The molecule has 0 saturated heterocycles. The summed E-state index contributed by atoms with van der Waals surface area (Å²) in [6, 6.07) is 13.8. The van der Waals surface area contributed by atoms with E-state index >= 15 is 0 Å². The summed E-state index contributed by atoms with van der Waals surface area (Å²) in [6.07, 6.45) is 0.937. The monoisotopic (exact) mass is 288 g/mol. The lowest BCUT2D eigenvalue weighted by atomic mass is 9.94. The maximum Gasteiger partial charge on any atom is 0.127 e. The maximum atomic E-state index is 10.3. The van der Waals surface area contributed by atoms with E-state index in [9.17, 15) is 5.11 Å². The highest BCUT2D eigenvalue weighted by Gasteiger charge is 2.28. The molecule has 2 nitrogen and oxygen atoms in total. The average Bonchev–Trinajstić information content (AvgIpc) is 2.48. The molecule has 20 heavy (non-hydrogen) atoms. The average molecular weight is 289 g/mol. The van der Waals surface area contributed by atoms with Crippen LogP contribution in [-0.2, 0) is 6.42 Å². The molecule has 3 heteroatoms. The van der Waals surface area contributed by atoms with Crippen molar-refractivity contribution >= 4 is 11.6 Å². The molecule has 0 aliphatic carbocycles. The predicted octanol–water partition coefficient (Wildman–Crippen LogP) is 4.46. The fraction of sp³-hybridized carbons (Fsp3) is 0.294. The third kappa shape index (κ3) is 2.54. The van der Waals surface area contributed by atoms with Gasteiger partial charge < -0.3 is 9.84 Å². The van der Waals surface area contributed by atoms with Crippen molar-refractivity contribution in [1.29, 1.82) is 0 Å². The zero-order chi connectivity index (χ0) is 14.1. The molecule has 2 aromatic carbocycles. The first kappa shape index (κ1) is 13.5. The van der Waals surface area contributed by atoms with Gasteiger partial charge in [0.25, 0.3) is 0 Å². The van der Waals surface area contributed by atoms with Crippen LogP contribution in [0.4, 0.5) is 0 Å². The van der Waals surface area contributed by atoms with Gasteiger partial charge in [-0.05, 0) is 35.7 Å². The molecule has 2 atom stereocenters. The van der Waals surface area contributed by atoms with Crippen LogP contribution in [0.2, 0.25) is 5.02 Å². The van der Waals surface area contributed by atoms with E-state index in [-0.39, 0.29) is 6.10 Å². The summed E-state index contributed by atoms with van der Waals surface area (Å²) >= 11 is 5.96. The van der Waals surface area contributed by atoms with Gasteiger partial charge in [-0.2, -0.15) is 0 Å². The summed E-state index contributed by atoms with van der Waals surface area (Å²) in [5, 5.41) is 10.9. The minimum absolute atomic E-state index is 0.107. The van der Waals surface area contributed by atoms with Gasteiger partial charge in [0, 0.05) is 17.0 Å². The van der Waals surface area contributed by atoms with E-state index in [4.69, 9.17) is 16.3 Å². The van der Waals surface area contributed by atoms with Crippen molar-refractivity contribution in [1.82, 2.24) is 0 Å². The molecule has 3 rings (SSSR count). The summed E-state index contributed by atoms with van der Waals surface area (Å²) in [5.41, 5.74) is 3.18. The number of fused-ring (bicyclic) bond motifs is 1. The van der Waals surface area contributed by atoms with E-state index in [1.54, 1.807) is 12.1 Å². The van der Waals surface area contributed by atoms with Crippen molar-refractivity contribution in [2.75, 3.05) is 0 Å². The SMILES string of the molecule is CCc1ccc(C2C[C@H](O)c3cc(Cl)ccc3O2)cc1. The first-order valence-corrected chi connectivity index (χ1v) is 7.28. The van der Waals surface area contributed by atoms with Gasteiger partial charge in [0.15, 0.2) is 0 Å². The Labute approximate surface area is 124 Å². The fourth-order valence-corrected chi connectivity index (χ4v) is 2.77. The highest BCUT2D eigenvalue weighted by Crippen LogP contribution is 2.41. The van der Waals surface area contributed by atoms with Gasteiger partial charge >= 0.3 is 0 Å². The maximum absolute atomic E-state index is 10.3. The summed E-state index contributed by atoms with van der Waals surface area (Å²) in [7, 11) is 0. The van der Waals surface area contributed by atoms with Gasteiger partial charge in [-0.25, -0.2) is 0 Å². The topological polar surface area (TPSA) is 29.5 Å². The fourth-order valence-electron chi connectivity index (χ4n) is 2.59. The van der Waals surface area contributed by atoms with Crippen molar-refractivity contribution in [3.8, 4) is 5.75 Å². The van der Waals surface area contributed by atoms with E-state index in [2.05, 4.69) is 31.2 Å². The standard InChI is InChI=1S/C17H17ClO2/c1-2-11-3-5-12(6-4-11)17-10-15(19)14-9-13(18)7-8-16(14)20-17/h3-9,15,17,19H,2,10H2,1H3/t15-,17?/m0/s1. The molecule has 1 unspecified atom stereocenters. The highest BCUT2D eigenvalue weighted by molar-refractivity contribution is 6.30. The number of aliphatic hydroxyl groups is 1. The molecule has 0 spiro atoms. The Morgan fingerprint density at radius 2 is 1.95 bits per heavy atom. The van der Waals surface area contributed by atoms with Crippen molar-refractivity contribution < 1.29 is 9.84 Å². The Hall–Kier alpha value is -1.51. The molecule has 1 aliphatic heterocycles. The van der Waals surface area contributed by atoms with Gasteiger partial charge in [-0.1, -0.05) is 42.8 Å². The second-order valence-corrected chi connectivity index (χ2v) is 5.57. The number of aliphatic hydroxyl groups excluding tert-OH is 1. The molecule has 0 radical (unpaired) electrons. The number of aryl methyl sites for hydroxylation is 1. The molecule has 0 fully saturated rings. The van der Waals surface area contributed by atoms with Gasteiger partial charge in [-0.15, -0.1) is 0 Å². The van der Waals surface area contributed by atoms with Crippen LogP contribution < -0.4 is 4.74 Å². The van der Waals surface area contributed by atoms with Crippen LogP contribution >= 0.6 is 11.6 Å². The lowest BCUT2D eigenvalue weighted by Crippen LogP contribution is -2.19. The number of halogens is 1. The summed E-state index contributed by atoms with van der Waals surface area (Å²) in [4.78, 5) is 0. The van der Waals surface area contributed by atoms with Crippen LogP contribution in [0, 0.1) is 0 Å².